The first kappa shape index (κ1) is 18.5. The van der Waals surface area contributed by atoms with Crippen molar-refractivity contribution in [2.45, 2.75) is 6.92 Å². The van der Waals surface area contributed by atoms with Crippen LogP contribution in [0.4, 0.5) is 5.69 Å². The standard InChI is InChI=1S/C24H20N2O3/c1-16-7-11-19(12-8-16)29-20-13-9-18(10-14-20)25-23(27)15-26-17(2)21-5-3-4-6-22(21)24(26)28/h3-14H,2,15H2,1H3,(H,25,27). The van der Waals surface area contributed by atoms with Crippen LogP contribution in [0.5, 0.6) is 11.5 Å². The van der Waals surface area contributed by atoms with Gasteiger partial charge in [-0.1, -0.05) is 42.5 Å². The Hall–Kier alpha value is -3.86. The van der Waals surface area contributed by atoms with E-state index < -0.39 is 0 Å². The molecule has 3 aromatic rings. The van der Waals surface area contributed by atoms with Gasteiger partial charge in [-0.05, 0) is 49.4 Å². The second-order valence-electron chi connectivity index (χ2n) is 6.87. The molecule has 2 amide bonds. The summed E-state index contributed by atoms with van der Waals surface area (Å²) in [5.41, 5.74) is 3.67. The van der Waals surface area contributed by atoms with Crippen LogP contribution in [0, 0.1) is 6.92 Å². The number of ether oxygens (including phenoxy) is 1. The van der Waals surface area contributed by atoms with Crippen LogP contribution in [0.15, 0.2) is 79.4 Å². The number of rotatable bonds is 5. The molecular formula is C24H20N2O3. The Morgan fingerprint density at radius 1 is 0.931 bits per heavy atom. The highest BCUT2D eigenvalue weighted by Crippen LogP contribution is 2.31. The Morgan fingerprint density at radius 3 is 2.14 bits per heavy atom. The van der Waals surface area contributed by atoms with Crippen molar-refractivity contribution < 1.29 is 14.3 Å². The molecule has 4 rings (SSSR count). The predicted molar refractivity (Wildman–Crippen MR) is 113 cm³/mol. The average molecular weight is 384 g/mol. The van der Waals surface area contributed by atoms with E-state index in [1.807, 2.05) is 43.3 Å². The molecule has 0 aliphatic carbocycles. The minimum Gasteiger partial charge on any atom is -0.457 e. The van der Waals surface area contributed by atoms with Gasteiger partial charge in [0.25, 0.3) is 5.91 Å². The van der Waals surface area contributed by atoms with Gasteiger partial charge < -0.3 is 10.1 Å². The highest BCUT2D eigenvalue weighted by atomic mass is 16.5. The average Bonchev–Trinajstić information content (AvgIpc) is 2.96. The third-order valence-corrected chi connectivity index (χ3v) is 4.74. The lowest BCUT2D eigenvalue weighted by Crippen LogP contribution is -2.32. The SMILES string of the molecule is C=C1c2ccccc2C(=O)N1CC(=O)Nc1ccc(Oc2ccc(C)cc2)cc1. The summed E-state index contributed by atoms with van der Waals surface area (Å²) < 4.78 is 5.79. The second kappa shape index (κ2) is 7.64. The molecule has 1 N–H and O–H groups in total. The number of carbonyl (C=O) groups is 2. The summed E-state index contributed by atoms with van der Waals surface area (Å²) in [7, 11) is 0. The van der Waals surface area contributed by atoms with E-state index in [-0.39, 0.29) is 18.4 Å². The first-order valence-electron chi connectivity index (χ1n) is 9.26. The zero-order valence-electron chi connectivity index (χ0n) is 16.0. The van der Waals surface area contributed by atoms with E-state index in [1.165, 1.54) is 4.90 Å². The molecule has 1 aliphatic rings. The summed E-state index contributed by atoms with van der Waals surface area (Å²) in [6.07, 6.45) is 0. The van der Waals surface area contributed by atoms with Crippen LogP contribution in [0.2, 0.25) is 0 Å². The third-order valence-electron chi connectivity index (χ3n) is 4.74. The Balaban J connectivity index is 1.37. The molecule has 5 heteroatoms. The van der Waals surface area contributed by atoms with Crippen LogP contribution in [-0.2, 0) is 4.79 Å². The molecule has 0 saturated carbocycles. The van der Waals surface area contributed by atoms with E-state index in [0.717, 1.165) is 16.9 Å². The number of aryl methyl sites for hydroxylation is 1. The molecule has 1 heterocycles. The van der Waals surface area contributed by atoms with Crippen molar-refractivity contribution in [2.24, 2.45) is 0 Å². The Bertz CT molecular complexity index is 1050. The van der Waals surface area contributed by atoms with Crippen molar-refractivity contribution >= 4 is 23.2 Å². The van der Waals surface area contributed by atoms with Crippen molar-refractivity contribution in [3.63, 3.8) is 0 Å². The molecule has 0 radical (unpaired) electrons. The number of amides is 2. The van der Waals surface area contributed by atoms with E-state index in [9.17, 15) is 9.59 Å². The number of nitrogens with one attached hydrogen (secondary N) is 1. The molecule has 1 aliphatic heterocycles. The highest BCUT2D eigenvalue weighted by Gasteiger charge is 2.31. The van der Waals surface area contributed by atoms with Crippen molar-refractivity contribution in [3.8, 4) is 11.5 Å². The van der Waals surface area contributed by atoms with Gasteiger partial charge in [0.1, 0.15) is 18.0 Å². The van der Waals surface area contributed by atoms with Crippen molar-refractivity contribution in [1.82, 2.24) is 4.90 Å². The first-order valence-corrected chi connectivity index (χ1v) is 9.26. The van der Waals surface area contributed by atoms with Gasteiger partial charge in [-0.15, -0.1) is 0 Å². The summed E-state index contributed by atoms with van der Waals surface area (Å²) in [6.45, 7) is 5.88. The summed E-state index contributed by atoms with van der Waals surface area (Å²) in [5, 5.41) is 2.81. The summed E-state index contributed by atoms with van der Waals surface area (Å²) in [5.74, 6) is 0.922. The first-order chi connectivity index (χ1) is 14.0. The summed E-state index contributed by atoms with van der Waals surface area (Å²) in [4.78, 5) is 26.3. The van der Waals surface area contributed by atoms with Gasteiger partial charge in [0, 0.05) is 22.5 Å². The van der Waals surface area contributed by atoms with Gasteiger partial charge >= 0.3 is 0 Å². The number of hydrogen-bond donors (Lipinski definition) is 1. The molecule has 5 nitrogen and oxygen atoms in total. The molecule has 0 atom stereocenters. The third kappa shape index (κ3) is 3.89. The zero-order valence-corrected chi connectivity index (χ0v) is 16.0. The second-order valence-corrected chi connectivity index (χ2v) is 6.87. The van der Waals surface area contributed by atoms with Gasteiger partial charge in [-0.3, -0.25) is 14.5 Å². The van der Waals surface area contributed by atoms with Crippen LogP contribution in [0.1, 0.15) is 21.5 Å². The van der Waals surface area contributed by atoms with E-state index >= 15 is 0 Å². The number of carbonyl (C=O) groups excluding carboxylic acids is 2. The van der Waals surface area contributed by atoms with Crippen molar-refractivity contribution in [2.75, 3.05) is 11.9 Å². The van der Waals surface area contributed by atoms with Crippen LogP contribution >= 0.6 is 0 Å². The molecule has 3 aromatic carbocycles. The monoisotopic (exact) mass is 384 g/mol. The molecule has 0 unspecified atom stereocenters. The fourth-order valence-electron chi connectivity index (χ4n) is 3.19. The van der Waals surface area contributed by atoms with Crippen molar-refractivity contribution in [3.05, 3.63) is 96.1 Å². The Morgan fingerprint density at radius 2 is 1.52 bits per heavy atom. The van der Waals surface area contributed by atoms with E-state index in [1.54, 1.807) is 36.4 Å². The fourth-order valence-corrected chi connectivity index (χ4v) is 3.19. The van der Waals surface area contributed by atoms with E-state index in [2.05, 4.69) is 11.9 Å². The van der Waals surface area contributed by atoms with Crippen LogP contribution in [-0.4, -0.2) is 23.3 Å². The largest absolute Gasteiger partial charge is 0.457 e. The maximum atomic E-state index is 12.5. The Kier molecular flexibility index (Phi) is 4.87. The number of benzene rings is 3. The van der Waals surface area contributed by atoms with Crippen molar-refractivity contribution in [1.29, 1.82) is 0 Å². The number of hydrogen-bond acceptors (Lipinski definition) is 3. The fraction of sp³-hybridized carbons (Fsp3) is 0.0833. The Labute approximate surface area is 169 Å². The predicted octanol–water partition coefficient (Wildman–Crippen LogP) is 4.85. The van der Waals surface area contributed by atoms with Crippen LogP contribution in [0.25, 0.3) is 5.70 Å². The maximum Gasteiger partial charge on any atom is 0.259 e. The van der Waals surface area contributed by atoms with E-state index in [0.29, 0.717) is 22.7 Å². The molecular weight excluding hydrogens is 364 g/mol. The topological polar surface area (TPSA) is 58.6 Å². The van der Waals surface area contributed by atoms with Gasteiger partial charge in [-0.25, -0.2) is 0 Å². The summed E-state index contributed by atoms with van der Waals surface area (Å²) >= 11 is 0. The van der Waals surface area contributed by atoms with E-state index in [4.69, 9.17) is 4.74 Å². The lowest BCUT2D eigenvalue weighted by atomic mass is 10.1. The highest BCUT2D eigenvalue weighted by molar-refractivity contribution is 6.11. The molecule has 0 fully saturated rings. The number of nitrogens with zero attached hydrogens (tertiary/aromatic N) is 1. The van der Waals surface area contributed by atoms with Crippen LogP contribution < -0.4 is 10.1 Å². The lowest BCUT2D eigenvalue weighted by molar-refractivity contribution is -0.116. The molecule has 0 saturated heterocycles. The minimum absolute atomic E-state index is 0.0893. The van der Waals surface area contributed by atoms with Gasteiger partial charge in [0.15, 0.2) is 0 Å². The zero-order chi connectivity index (χ0) is 20.4. The maximum absolute atomic E-state index is 12.5. The lowest BCUT2D eigenvalue weighted by Gasteiger charge is -2.17. The molecule has 29 heavy (non-hydrogen) atoms. The molecule has 0 aromatic heterocycles. The molecule has 144 valence electrons. The van der Waals surface area contributed by atoms with Gasteiger partial charge in [-0.2, -0.15) is 0 Å². The molecule has 0 spiro atoms. The van der Waals surface area contributed by atoms with Gasteiger partial charge in [0.05, 0.1) is 0 Å². The number of fused-ring (bicyclic) bond motifs is 1. The van der Waals surface area contributed by atoms with Gasteiger partial charge in [0.2, 0.25) is 5.91 Å². The number of anilines is 1. The van der Waals surface area contributed by atoms with Crippen LogP contribution in [0.3, 0.4) is 0 Å². The minimum atomic E-state index is -0.292. The quantitative estimate of drug-likeness (QED) is 0.684. The normalized spacial score (nSPS) is 12.7. The molecule has 0 bridgehead atoms. The summed E-state index contributed by atoms with van der Waals surface area (Å²) in [6, 6.07) is 22.1. The smallest absolute Gasteiger partial charge is 0.259 e.